The number of carbonyl (C=O) groups is 2. The smallest absolute Gasteiger partial charge is 0.437 e. The standard InChI is InChI=1S/C20H22N2O6/c21-11-5-10-20(26,18(23)24)22(27)19(25)28-12-17-15-8-3-1-6-13(15)14-7-2-4-9-16(14)17/h1-4,6-9,17,26-27H,5,10-12,21H2,(H,23,24)/t20-/m1/s1. The minimum Gasteiger partial charge on any atom is -0.478 e. The van der Waals surface area contributed by atoms with Gasteiger partial charge in [0, 0.05) is 12.3 Å². The van der Waals surface area contributed by atoms with Gasteiger partial charge in [-0.1, -0.05) is 48.5 Å². The molecule has 3 rings (SSSR count). The van der Waals surface area contributed by atoms with Crippen LogP contribution in [0.25, 0.3) is 11.1 Å². The molecule has 0 saturated heterocycles. The molecule has 0 heterocycles. The van der Waals surface area contributed by atoms with Gasteiger partial charge in [-0.15, -0.1) is 5.06 Å². The van der Waals surface area contributed by atoms with Gasteiger partial charge in [0.15, 0.2) is 0 Å². The second kappa shape index (κ2) is 7.97. The van der Waals surface area contributed by atoms with E-state index in [1.54, 1.807) is 0 Å². The molecular formula is C20H22N2O6. The van der Waals surface area contributed by atoms with Crippen LogP contribution in [-0.4, -0.2) is 51.4 Å². The maximum atomic E-state index is 12.2. The average Bonchev–Trinajstić information content (AvgIpc) is 3.03. The van der Waals surface area contributed by atoms with Crippen molar-refractivity contribution in [1.29, 1.82) is 0 Å². The number of aliphatic carboxylic acids is 1. The Bertz CT molecular complexity index is 841. The molecule has 8 heteroatoms. The predicted octanol–water partition coefficient (Wildman–Crippen LogP) is 2.14. The van der Waals surface area contributed by atoms with Gasteiger partial charge in [0.2, 0.25) is 0 Å². The summed E-state index contributed by atoms with van der Waals surface area (Å²) >= 11 is 0. The highest BCUT2D eigenvalue weighted by atomic mass is 16.7. The van der Waals surface area contributed by atoms with Crippen LogP contribution < -0.4 is 5.73 Å². The fraction of sp³-hybridized carbons (Fsp3) is 0.300. The van der Waals surface area contributed by atoms with Crippen LogP contribution in [0, 0.1) is 0 Å². The number of nitrogens with zero attached hydrogens (tertiary/aromatic N) is 1. The van der Waals surface area contributed by atoms with Gasteiger partial charge in [0.1, 0.15) is 6.61 Å². The maximum absolute atomic E-state index is 12.2. The number of fused-ring (bicyclic) bond motifs is 3. The monoisotopic (exact) mass is 386 g/mol. The highest BCUT2D eigenvalue weighted by molar-refractivity contribution is 5.82. The van der Waals surface area contributed by atoms with Crippen molar-refractivity contribution >= 4 is 12.1 Å². The fourth-order valence-electron chi connectivity index (χ4n) is 3.46. The van der Waals surface area contributed by atoms with Crippen molar-refractivity contribution in [2.75, 3.05) is 13.2 Å². The van der Waals surface area contributed by atoms with Gasteiger partial charge in [-0.2, -0.15) is 0 Å². The van der Waals surface area contributed by atoms with Gasteiger partial charge in [0.05, 0.1) is 0 Å². The molecule has 1 atom stereocenters. The van der Waals surface area contributed by atoms with Gasteiger partial charge in [-0.25, -0.2) is 9.59 Å². The molecule has 0 unspecified atom stereocenters. The molecular weight excluding hydrogens is 364 g/mol. The molecule has 0 radical (unpaired) electrons. The number of carboxylic acids is 1. The van der Waals surface area contributed by atoms with Crippen LogP contribution in [0.15, 0.2) is 48.5 Å². The molecule has 0 bridgehead atoms. The molecule has 2 aromatic rings. The molecule has 0 aliphatic heterocycles. The van der Waals surface area contributed by atoms with Crippen LogP contribution in [0.1, 0.15) is 29.9 Å². The molecule has 1 aliphatic rings. The predicted molar refractivity (Wildman–Crippen MR) is 99.6 cm³/mol. The summed E-state index contributed by atoms with van der Waals surface area (Å²) in [6.07, 6.45) is -1.68. The number of hydroxylamine groups is 2. The zero-order valence-electron chi connectivity index (χ0n) is 15.1. The van der Waals surface area contributed by atoms with E-state index in [4.69, 9.17) is 10.5 Å². The zero-order valence-corrected chi connectivity index (χ0v) is 15.1. The quantitative estimate of drug-likeness (QED) is 0.325. The second-order valence-electron chi connectivity index (χ2n) is 6.63. The summed E-state index contributed by atoms with van der Waals surface area (Å²) < 4.78 is 5.16. The molecule has 0 saturated carbocycles. The number of aliphatic hydroxyl groups is 1. The van der Waals surface area contributed by atoms with Crippen LogP contribution in [0.3, 0.4) is 0 Å². The van der Waals surface area contributed by atoms with Crippen LogP contribution in [0.5, 0.6) is 0 Å². The van der Waals surface area contributed by atoms with Crippen molar-refractivity contribution in [3.63, 3.8) is 0 Å². The first-order valence-electron chi connectivity index (χ1n) is 8.90. The Balaban J connectivity index is 1.77. The van der Waals surface area contributed by atoms with E-state index in [9.17, 15) is 25.0 Å². The average molecular weight is 386 g/mol. The Morgan fingerprint density at radius 3 is 2.11 bits per heavy atom. The Labute approximate surface area is 161 Å². The van der Waals surface area contributed by atoms with Crippen LogP contribution in [-0.2, 0) is 9.53 Å². The highest BCUT2D eigenvalue weighted by Gasteiger charge is 2.46. The minimum atomic E-state index is -2.80. The molecule has 28 heavy (non-hydrogen) atoms. The summed E-state index contributed by atoms with van der Waals surface area (Å²) in [5.74, 6) is -2.02. The lowest BCUT2D eigenvalue weighted by molar-refractivity contribution is -0.244. The van der Waals surface area contributed by atoms with Crippen LogP contribution in [0.2, 0.25) is 0 Å². The zero-order chi connectivity index (χ0) is 20.3. The largest absolute Gasteiger partial charge is 0.478 e. The van der Waals surface area contributed by atoms with Crippen molar-refractivity contribution in [2.24, 2.45) is 5.73 Å². The molecule has 1 amide bonds. The van der Waals surface area contributed by atoms with E-state index in [1.807, 2.05) is 48.5 Å². The Kier molecular flexibility index (Phi) is 5.64. The van der Waals surface area contributed by atoms with Gasteiger partial charge in [0.25, 0.3) is 5.72 Å². The summed E-state index contributed by atoms with van der Waals surface area (Å²) in [5.41, 5.74) is 6.52. The lowest BCUT2D eigenvalue weighted by Crippen LogP contribution is -2.56. The molecule has 0 spiro atoms. The number of amides is 1. The number of nitrogens with two attached hydrogens (primary N) is 1. The minimum absolute atomic E-state index is 0.0914. The topological polar surface area (TPSA) is 133 Å². The molecule has 2 aromatic carbocycles. The second-order valence-corrected chi connectivity index (χ2v) is 6.63. The molecule has 0 aromatic heterocycles. The first kappa shape index (κ1) is 19.8. The third kappa shape index (κ3) is 3.45. The number of carboxylic acid groups (broad SMARTS) is 1. The Morgan fingerprint density at radius 1 is 1.07 bits per heavy atom. The van der Waals surface area contributed by atoms with E-state index in [1.165, 1.54) is 0 Å². The number of rotatable bonds is 7. The summed E-state index contributed by atoms with van der Waals surface area (Å²) in [6.45, 7) is -0.0232. The number of ether oxygens (including phenoxy) is 1. The number of carbonyl (C=O) groups excluding carboxylic acids is 1. The number of benzene rings is 2. The van der Waals surface area contributed by atoms with Crippen molar-refractivity contribution in [3.05, 3.63) is 59.7 Å². The van der Waals surface area contributed by atoms with E-state index < -0.39 is 24.2 Å². The third-order valence-electron chi connectivity index (χ3n) is 4.93. The molecule has 5 N–H and O–H groups in total. The molecule has 148 valence electrons. The van der Waals surface area contributed by atoms with Gasteiger partial charge in [-0.3, -0.25) is 5.21 Å². The van der Waals surface area contributed by atoms with E-state index in [-0.39, 0.29) is 30.6 Å². The Hall–Kier alpha value is -2.94. The van der Waals surface area contributed by atoms with Crippen LogP contribution in [0.4, 0.5) is 4.79 Å². The van der Waals surface area contributed by atoms with Crippen molar-refractivity contribution in [3.8, 4) is 11.1 Å². The fourth-order valence-corrected chi connectivity index (χ4v) is 3.46. The van der Waals surface area contributed by atoms with Gasteiger partial charge >= 0.3 is 12.1 Å². The van der Waals surface area contributed by atoms with Gasteiger partial charge < -0.3 is 20.7 Å². The lowest BCUT2D eigenvalue weighted by atomic mass is 9.98. The highest BCUT2D eigenvalue weighted by Crippen LogP contribution is 2.44. The van der Waals surface area contributed by atoms with E-state index in [0.29, 0.717) is 0 Å². The first-order valence-corrected chi connectivity index (χ1v) is 8.90. The maximum Gasteiger partial charge on any atom is 0.437 e. The molecule has 0 fully saturated rings. The summed E-state index contributed by atoms with van der Waals surface area (Å²) in [4.78, 5) is 23.6. The summed E-state index contributed by atoms with van der Waals surface area (Å²) in [7, 11) is 0. The number of hydrogen-bond donors (Lipinski definition) is 4. The lowest BCUT2D eigenvalue weighted by Gasteiger charge is -2.30. The molecule has 8 nitrogen and oxygen atoms in total. The Morgan fingerprint density at radius 2 is 1.61 bits per heavy atom. The van der Waals surface area contributed by atoms with Crippen molar-refractivity contribution in [1.82, 2.24) is 5.06 Å². The SMILES string of the molecule is NCCC[C@@](O)(C(=O)O)N(O)C(=O)OCC1c2ccccc2-c2ccccc21. The van der Waals surface area contributed by atoms with E-state index >= 15 is 0 Å². The summed E-state index contributed by atoms with van der Waals surface area (Å²) in [6, 6.07) is 15.4. The molecule has 1 aliphatic carbocycles. The van der Waals surface area contributed by atoms with Gasteiger partial charge in [-0.05, 0) is 35.2 Å². The van der Waals surface area contributed by atoms with Crippen molar-refractivity contribution in [2.45, 2.75) is 24.5 Å². The summed E-state index contributed by atoms with van der Waals surface area (Å²) in [5, 5.41) is 29.1. The van der Waals surface area contributed by atoms with E-state index in [0.717, 1.165) is 22.3 Å². The first-order chi connectivity index (χ1) is 13.4. The van der Waals surface area contributed by atoms with Crippen molar-refractivity contribution < 1.29 is 29.7 Å². The third-order valence-corrected chi connectivity index (χ3v) is 4.93. The number of hydrogen-bond acceptors (Lipinski definition) is 6. The van der Waals surface area contributed by atoms with Crippen LogP contribution >= 0.6 is 0 Å². The van der Waals surface area contributed by atoms with E-state index in [2.05, 4.69) is 0 Å². The normalized spacial score (nSPS) is 14.7.